The largest absolute Gasteiger partial charge is 0.396 e. The highest BCUT2D eigenvalue weighted by molar-refractivity contribution is 5.76. The Morgan fingerprint density at radius 1 is 1.53 bits per heavy atom. The van der Waals surface area contributed by atoms with Gasteiger partial charge in [0.1, 0.15) is 5.82 Å². The van der Waals surface area contributed by atoms with Crippen molar-refractivity contribution in [3.05, 3.63) is 17.8 Å². The molecule has 0 aromatic carbocycles. The van der Waals surface area contributed by atoms with Gasteiger partial charge in [0.2, 0.25) is 5.91 Å². The average Bonchev–Trinajstić information content (AvgIpc) is 2.23. The molecule has 0 saturated carbocycles. The van der Waals surface area contributed by atoms with Crippen molar-refractivity contribution in [2.45, 2.75) is 13.3 Å². The van der Waals surface area contributed by atoms with E-state index in [0.717, 1.165) is 5.69 Å². The van der Waals surface area contributed by atoms with Crippen LogP contribution < -0.4 is 16.4 Å². The second-order valence-corrected chi connectivity index (χ2v) is 3.24. The van der Waals surface area contributed by atoms with Gasteiger partial charge in [0.25, 0.3) is 0 Å². The minimum atomic E-state index is -0.00581. The maximum Gasteiger partial charge on any atom is 0.221 e. The molecule has 82 valence electrons. The van der Waals surface area contributed by atoms with Gasteiger partial charge in [-0.25, -0.2) is 4.98 Å². The fraction of sp³-hybridized carbons (Fsp3) is 0.400. The van der Waals surface area contributed by atoms with Crippen LogP contribution in [0.15, 0.2) is 12.1 Å². The van der Waals surface area contributed by atoms with Gasteiger partial charge in [-0.15, -0.1) is 0 Å². The summed E-state index contributed by atoms with van der Waals surface area (Å²) in [4.78, 5) is 15.2. The zero-order valence-corrected chi connectivity index (χ0v) is 9.00. The van der Waals surface area contributed by atoms with Crippen LogP contribution >= 0.6 is 0 Å². The van der Waals surface area contributed by atoms with Crippen LogP contribution in [0.5, 0.6) is 0 Å². The molecule has 1 aromatic heterocycles. The Kier molecular flexibility index (Phi) is 3.91. The minimum absolute atomic E-state index is 0.00581. The van der Waals surface area contributed by atoms with Crippen LogP contribution in [0.4, 0.5) is 11.5 Å². The third-order valence-corrected chi connectivity index (χ3v) is 1.99. The topological polar surface area (TPSA) is 80.0 Å². The molecule has 0 bridgehead atoms. The minimum Gasteiger partial charge on any atom is -0.396 e. The summed E-state index contributed by atoms with van der Waals surface area (Å²) in [7, 11) is 1.61. The fourth-order valence-electron chi connectivity index (χ4n) is 1.13. The maximum absolute atomic E-state index is 11.0. The predicted octanol–water partition coefficient (Wildman–Crippen LogP) is 0.520. The van der Waals surface area contributed by atoms with E-state index in [4.69, 9.17) is 5.73 Å². The van der Waals surface area contributed by atoms with Crippen molar-refractivity contribution in [2.24, 2.45) is 0 Å². The number of anilines is 2. The summed E-state index contributed by atoms with van der Waals surface area (Å²) >= 11 is 0. The summed E-state index contributed by atoms with van der Waals surface area (Å²) in [6.45, 7) is 2.42. The zero-order valence-electron chi connectivity index (χ0n) is 9.00. The van der Waals surface area contributed by atoms with Gasteiger partial charge in [0.15, 0.2) is 0 Å². The van der Waals surface area contributed by atoms with E-state index in [1.165, 1.54) is 0 Å². The molecule has 0 atom stereocenters. The standard InChI is InChI=1S/C10H16N4O/c1-7-3-4-8(11)10(14-7)13-6-5-9(15)12-2/h3-4H,5-6,11H2,1-2H3,(H,12,15)(H,13,14). The van der Waals surface area contributed by atoms with E-state index in [1.54, 1.807) is 13.1 Å². The molecule has 0 saturated heterocycles. The molecule has 5 nitrogen and oxygen atoms in total. The molecule has 1 heterocycles. The van der Waals surface area contributed by atoms with Crippen LogP contribution in [0, 0.1) is 6.92 Å². The first-order chi connectivity index (χ1) is 7.13. The lowest BCUT2D eigenvalue weighted by Crippen LogP contribution is -2.21. The molecule has 0 aliphatic carbocycles. The molecular weight excluding hydrogens is 192 g/mol. The van der Waals surface area contributed by atoms with Crippen molar-refractivity contribution in [1.82, 2.24) is 10.3 Å². The number of nitrogens with two attached hydrogens (primary N) is 1. The lowest BCUT2D eigenvalue weighted by atomic mass is 10.3. The Balaban J connectivity index is 2.50. The number of hydrogen-bond acceptors (Lipinski definition) is 4. The molecule has 1 amide bonds. The Morgan fingerprint density at radius 2 is 2.27 bits per heavy atom. The van der Waals surface area contributed by atoms with Gasteiger partial charge >= 0.3 is 0 Å². The first-order valence-corrected chi connectivity index (χ1v) is 4.81. The van der Waals surface area contributed by atoms with E-state index in [-0.39, 0.29) is 5.91 Å². The smallest absolute Gasteiger partial charge is 0.221 e. The highest BCUT2D eigenvalue weighted by atomic mass is 16.1. The van der Waals surface area contributed by atoms with E-state index in [0.29, 0.717) is 24.5 Å². The Labute approximate surface area is 89.1 Å². The fourth-order valence-corrected chi connectivity index (χ4v) is 1.13. The van der Waals surface area contributed by atoms with Crippen LogP contribution in [0.3, 0.4) is 0 Å². The molecular formula is C10H16N4O. The van der Waals surface area contributed by atoms with Crippen molar-refractivity contribution in [3.63, 3.8) is 0 Å². The number of pyridine rings is 1. The summed E-state index contributed by atoms with van der Waals surface area (Å²) in [6.07, 6.45) is 0.408. The molecule has 4 N–H and O–H groups in total. The van der Waals surface area contributed by atoms with E-state index >= 15 is 0 Å². The van der Waals surface area contributed by atoms with Crippen LogP contribution in [0.25, 0.3) is 0 Å². The summed E-state index contributed by atoms with van der Waals surface area (Å²) < 4.78 is 0. The lowest BCUT2D eigenvalue weighted by molar-refractivity contribution is -0.120. The van der Waals surface area contributed by atoms with Gasteiger partial charge in [-0.2, -0.15) is 0 Å². The van der Waals surface area contributed by atoms with E-state index in [1.807, 2.05) is 13.0 Å². The number of aryl methyl sites for hydroxylation is 1. The van der Waals surface area contributed by atoms with E-state index in [9.17, 15) is 4.79 Å². The predicted molar refractivity (Wildman–Crippen MR) is 60.6 cm³/mol. The van der Waals surface area contributed by atoms with E-state index in [2.05, 4.69) is 15.6 Å². The monoisotopic (exact) mass is 208 g/mol. The highest BCUT2D eigenvalue weighted by Gasteiger charge is 2.01. The Bertz CT molecular complexity index is 351. The van der Waals surface area contributed by atoms with Crippen LogP contribution in [0.2, 0.25) is 0 Å². The van der Waals surface area contributed by atoms with Gasteiger partial charge in [-0.3, -0.25) is 4.79 Å². The SMILES string of the molecule is CNC(=O)CCNc1nc(C)ccc1N. The third kappa shape index (κ3) is 3.46. The molecule has 0 aliphatic rings. The molecule has 1 aromatic rings. The summed E-state index contributed by atoms with van der Waals surface area (Å²) in [6, 6.07) is 3.64. The number of hydrogen-bond donors (Lipinski definition) is 3. The number of nitrogen functional groups attached to an aromatic ring is 1. The number of amides is 1. The van der Waals surface area contributed by atoms with Crippen molar-refractivity contribution in [2.75, 3.05) is 24.6 Å². The maximum atomic E-state index is 11.0. The number of carbonyl (C=O) groups is 1. The van der Waals surface area contributed by atoms with Crippen LogP contribution in [-0.4, -0.2) is 24.5 Å². The number of nitrogens with zero attached hydrogens (tertiary/aromatic N) is 1. The summed E-state index contributed by atoms with van der Waals surface area (Å²) in [5, 5.41) is 5.57. The summed E-state index contributed by atoms with van der Waals surface area (Å²) in [5.74, 6) is 0.632. The average molecular weight is 208 g/mol. The van der Waals surface area contributed by atoms with Gasteiger partial charge in [-0.1, -0.05) is 0 Å². The molecule has 0 radical (unpaired) electrons. The number of rotatable bonds is 4. The Morgan fingerprint density at radius 3 is 2.93 bits per heavy atom. The molecule has 5 heteroatoms. The normalized spacial score (nSPS) is 9.73. The lowest BCUT2D eigenvalue weighted by Gasteiger charge is -2.08. The third-order valence-electron chi connectivity index (χ3n) is 1.99. The van der Waals surface area contributed by atoms with Crippen LogP contribution in [0.1, 0.15) is 12.1 Å². The van der Waals surface area contributed by atoms with Crippen molar-refractivity contribution in [1.29, 1.82) is 0 Å². The van der Waals surface area contributed by atoms with Crippen LogP contribution in [-0.2, 0) is 4.79 Å². The molecule has 15 heavy (non-hydrogen) atoms. The van der Waals surface area contributed by atoms with Gasteiger partial charge in [-0.05, 0) is 19.1 Å². The number of carbonyl (C=O) groups excluding carboxylic acids is 1. The van der Waals surface area contributed by atoms with Crippen molar-refractivity contribution < 1.29 is 4.79 Å². The van der Waals surface area contributed by atoms with E-state index < -0.39 is 0 Å². The summed E-state index contributed by atoms with van der Waals surface area (Å²) in [5.41, 5.74) is 7.20. The second-order valence-electron chi connectivity index (χ2n) is 3.24. The highest BCUT2D eigenvalue weighted by Crippen LogP contribution is 2.14. The zero-order chi connectivity index (χ0) is 11.3. The number of nitrogens with one attached hydrogen (secondary N) is 2. The first kappa shape index (κ1) is 11.3. The van der Waals surface area contributed by atoms with Crippen molar-refractivity contribution in [3.8, 4) is 0 Å². The van der Waals surface area contributed by atoms with Gasteiger partial charge < -0.3 is 16.4 Å². The molecule has 1 rings (SSSR count). The molecule has 0 fully saturated rings. The van der Waals surface area contributed by atoms with Gasteiger partial charge in [0.05, 0.1) is 5.69 Å². The first-order valence-electron chi connectivity index (χ1n) is 4.81. The molecule has 0 spiro atoms. The van der Waals surface area contributed by atoms with Gasteiger partial charge in [0, 0.05) is 25.7 Å². The quantitative estimate of drug-likeness (QED) is 0.674. The molecule has 0 unspecified atom stereocenters. The van der Waals surface area contributed by atoms with Crippen molar-refractivity contribution >= 4 is 17.4 Å². The molecule has 0 aliphatic heterocycles. The Hall–Kier alpha value is -1.78. The second kappa shape index (κ2) is 5.19. The number of aromatic nitrogens is 1.